The lowest BCUT2D eigenvalue weighted by molar-refractivity contribution is -0.00461. The first-order valence-electron chi connectivity index (χ1n) is 5.29. The fraction of sp³-hybridized carbons (Fsp3) is 0.545. The molecule has 6 heteroatoms. The molecule has 2 rings (SSSR count). The number of hydrogen-bond acceptors (Lipinski definition) is 6. The summed E-state index contributed by atoms with van der Waals surface area (Å²) in [6, 6.07) is 3.94. The largest absolute Gasteiger partial charge is 0.397 e. The smallest absolute Gasteiger partial charge is 0.129 e. The van der Waals surface area contributed by atoms with E-state index in [0.29, 0.717) is 10.6 Å². The van der Waals surface area contributed by atoms with Crippen molar-refractivity contribution in [3.63, 3.8) is 0 Å². The Labute approximate surface area is 104 Å². The zero-order valence-corrected chi connectivity index (χ0v) is 10.7. The lowest BCUT2D eigenvalue weighted by Gasteiger charge is -2.14. The molecule has 1 aromatic rings. The standard InChI is InChI=1S/C11H15N3O2S/c1-15-8-5-14(6-9(8)16-2)11-3-7(13)10(4-12)17-11/h3,8-9H,5-6,13H2,1-2H3. The van der Waals surface area contributed by atoms with Crippen LogP contribution in [-0.2, 0) is 9.47 Å². The number of hydrogen-bond donors (Lipinski definition) is 1. The van der Waals surface area contributed by atoms with Crippen LogP contribution in [0.5, 0.6) is 0 Å². The lowest BCUT2D eigenvalue weighted by atomic mass is 10.3. The molecule has 0 bridgehead atoms. The molecule has 1 aliphatic heterocycles. The summed E-state index contributed by atoms with van der Waals surface area (Å²) in [7, 11) is 3.37. The van der Waals surface area contributed by atoms with Crippen LogP contribution in [-0.4, -0.2) is 39.5 Å². The maximum atomic E-state index is 8.88. The third kappa shape index (κ3) is 2.22. The van der Waals surface area contributed by atoms with Gasteiger partial charge in [0.25, 0.3) is 0 Å². The molecule has 0 amide bonds. The lowest BCUT2D eigenvalue weighted by Crippen LogP contribution is -2.27. The van der Waals surface area contributed by atoms with Crippen LogP contribution < -0.4 is 10.6 Å². The van der Waals surface area contributed by atoms with E-state index in [9.17, 15) is 0 Å². The molecule has 2 heterocycles. The highest BCUT2D eigenvalue weighted by Crippen LogP contribution is 2.34. The highest BCUT2D eigenvalue weighted by molar-refractivity contribution is 7.17. The Morgan fingerprint density at radius 2 is 2.00 bits per heavy atom. The van der Waals surface area contributed by atoms with E-state index in [4.69, 9.17) is 20.5 Å². The van der Waals surface area contributed by atoms with Gasteiger partial charge in [-0.2, -0.15) is 5.26 Å². The fourth-order valence-electron chi connectivity index (χ4n) is 2.01. The van der Waals surface area contributed by atoms with E-state index in [2.05, 4.69) is 11.0 Å². The van der Waals surface area contributed by atoms with Crippen molar-refractivity contribution in [3.8, 4) is 6.07 Å². The summed E-state index contributed by atoms with van der Waals surface area (Å²) in [5.74, 6) is 0. The molecule has 1 saturated heterocycles. The Balaban J connectivity index is 2.16. The van der Waals surface area contributed by atoms with Gasteiger partial charge >= 0.3 is 0 Å². The van der Waals surface area contributed by atoms with Gasteiger partial charge in [0.2, 0.25) is 0 Å². The maximum absolute atomic E-state index is 8.88. The van der Waals surface area contributed by atoms with Gasteiger partial charge in [-0.15, -0.1) is 11.3 Å². The molecule has 0 aromatic carbocycles. The minimum Gasteiger partial charge on any atom is -0.397 e. The van der Waals surface area contributed by atoms with Gasteiger partial charge in [0.15, 0.2) is 0 Å². The average molecular weight is 253 g/mol. The van der Waals surface area contributed by atoms with E-state index in [1.54, 1.807) is 14.2 Å². The molecular weight excluding hydrogens is 238 g/mol. The van der Waals surface area contributed by atoms with Crippen LogP contribution >= 0.6 is 11.3 Å². The highest BCUT2D eigenvalue weighted by Gasteiger charge is 2.33. The van der Waals surface area contributed by atoms with Crippen LogP contribution in [0, 0.1) is 11.3 Å². The number of ether oxygens (including phenoxy) is 2. The summed E-state index contributed by atoms with van der Waals surface area (Å²) in [6.07, 6.45) is 0.128. The number of nitrogens with zero attached hydrogens (tertiary/aromatic N) is 2. The quantitative estimate of drug-likeness (QED) is 0.872. The number of rotatable bonds is 3. The second kappa shape index (κ2) is 4.92. The molecule has 5 nitrogen and oxygen atoms in total. The van der Waals surface area contributed by atoms with Gasteiger partial charge in [0, 0.05) is 27.3 Å². The van der Waals surface area contributed by atoms with Gasteiger partial charge < -0.3 is 20.1 Å². The molecule has 92 valence electrons. The monoisotopic (exact) mass is 253 g/mol. The van der Waals surface area contributed by atoms with Crippen molar-refractivity contribution in [1.82, 2.24) is 0 Å². The van der Waals surface area contributed by atoms with E-state index in [1.807, 2.05) is 6.07 Å². The number of nitriles is 1. The van der Waals surface area contributed by atoms with Crippen molar-refractivity contribution in [2.75, 3.05) is 37.9 Å². The normalized spacial score (nSPS) is 23.9. The first kappa shape index (κ1) is 12.2. The van der Waals surface area contributed by atoms with Crippen molar-refractivity contribution in [2.24, 2.45) is 0 Å². The molecule has 0 spiro atoms. The topological polar surface area (TPSA) is 71.5 Å². The molecule has 2 unspecified atom stereocenters. The molecule has 2 N–H and O–H groups in total. The number of thiophene rings is 1. The van der Waals surface area contributed by atoms with Gasteiger partial charge in [-0.25, -0.2) is 0 Å². The summed E-state index contributed by atoms with van der Waals surface area (Å²) < 4.78 is 10.7. The van der Waals surface area contributed by atoms with Crippen LogP contribution in [0.1, 0.15) is 4.88 Å². The van der Waals surface area contributed by atoms with Crippen LogP contribution in [0.15, 0.2) is 6.07 Å². The van der Waals surface area contributed by atoms with Crippen molar-refractivity contribution in [3.05, 3.63) is 10.9 Å². The van der Waals surface area contributed by atoms with Crippen molar-refractivity contribution < 1.29 is 9.47 Å². The molecule has 1 aliphatic rings. The van der Waals surface area contributed by atoms with E-state index >= 15 is 0 Å². The summed E-state index contributed by atoms with van der Waals surface area (Å²) >= 11 is 1.41. The number of methoxy groups -OCH3 is 2. The predicted octanol–water partition coefficient (Wildman–Crippen LogP) is 1.05. The first-order chi connectivity index (χ1) is 8.19. The number of nitrogens with two attached hydrogens (primary N) is 1. The second-order valence-electron chi connectivity index (χ2n) is 3.93. The molecule has 17 heavy (non-hydrogen) atoms. The van der Waals surface area contributed by atoms with Crippen molar-refractivity contribution >= 4 is 22.0 Å². The Morgan fingerprint density at radius 3 is 2.41 bits per heavy atom. The SMILES string of the molecule is COC1CN(c2cc(N)c(C#N)s2)CC1OC. The van der Waals surface area contributed by atoms with E-state index in [1.165, 1.54) is 11.3 Å². The molecule has 1 aromatic heterocycles. The minimum atomic E-state index is 0.0638. The van der Waals surface area contributed by atoms with Crippen molar-refractivity contribution in [1.29, 1.82) is 5.26 Å². The fourth-order valence-corrected chi connectivity index (χ4v) is 2.91. The van der Waals surface area contributed by atoms with Gasteiger partial charge in [-0.3, -0.25) is 0 Å². The maximum Gasteiger partial charge on any atom is 0.129 e. The third-order valence-electron chi connectivity index (χ3n) is 2.98. The van der Waals surface area contributed by atoms with Gasteiger partial charge in [0.1, 0.15) is 23.2 Å². The molecule has 0 radical (unpaired) electrons. The first-order valence-corrected chi connectivity index (χ1v) is 6.11. The summed E-state index contributed by atoms with van der Waals surface area (Å²) in [5.41, 5.74) is 6.30. The average Bonchev–Trinajstić information content (AvgIpc) is 2.91. The number of anilines is 2. The Bertz CT molecular complexity index is 428. The Morgan fingerprint density at radius 1 is 1.41 bits per heavy atom. The van der Waals surface area contributed by atoms with Crippen molar-refractivity contribution in [2.45, 2.75) is 12.2 Å². The molecular formula is C11H15N3O2S. The van der Waals surface area contributed by atoms with E-state index in [0.717, 1.165) is 18.1 Å². The summed E-state index contributed by atoms with van der Waals surface area (Å²) in [6.45, 7) is 1.53. The Hall–Kier alpha value is -1.29. The van der Waals surface area contributed by atoms with E-state index in [-0.39, 0.29) is 12.2 Å². The number of nitrogen functional groups attached to an aromatic ring is 1. The van der Waals surface area contributed by atoms with Crippen LogP contribution in [0.25, 0.3) is 0 Å². The zero-order chi connectivity index (χ0) is 12.4. The minimum absolute atomic E-state index is 0.0638. The van der Waals surface area contributed by atoms with Gasteiger partial charge in [-0.05, 0) is 6.07 Å². The van der Waals surface area contributed by atoms with Crippen LogP contribution in [0.3, 0.4) is 0 Å². The molecule has 1 fully saturated rings. The van der Waals surface area contributed by atoms with Gasteiger partial charge in [0.05, 0.1) is 10.7 Å². The highest BCUT2D eigenvalue weighted by atomic mass is 32.1. The Kier molecular flexibility index (Phi) is 3.52. The van der Waals surface area contributed by atoms with Gasteiger partial charge in [-0.1, -0.05) is 0 Å². The molecule has 0 saturated carbocycles. The zero-order valence-electron chi connectivity index (χ0n) is 9.84. The third-order valence-corrected chi connectivity index (χ3v) is 4.10. The predicted molar refractivity (Wildman–Crippen MR) is 67.3 cm³/mol. The second-order valence-corrected chi connectivity index (χ2v) is 4.96. The summed E-state index contributed by atoms with van der Waals surface area (Å²) in [4.78, 5) is 2.71. The van der Waals surface area contributed by atoms with E-state index < -0.39 is 0 Å². The molecule has 0 aliphatic carbocycles. The van der Waals surface area contributed by atoms with Crippen LogP contribution in [0.2, 0.25) is 0 Å². The summed E-state index contributed by atoms with van der Waals surface area (Å²) in [5, 5.41) is 9.88. The van der Waals surface area contributed by atoms with Crippen LogP contribution in [0.4, 0.5) is 10.7 Å². The molecule has 2 atom stereocenters.